The van der Waals surface area contributed by atoms with E-state index in [1.165, 1.54) is 18.2 Å². The van der Waals surface area contributed by atoms with Gasteiger partial charge in [-0.2, -0.15) is 0 Å². The molecule has 11 heteroatoms. The Balaban J connectivity index is 1.58. The van der Waals surface area contributed by atoms with Gasteiger partial charge in [0.15, 0.2) is 11.2 Å². The van der Waals surface area contributed by atoms with E-state index in [1.807, 2.05) is 0 Å². The number of halogens is 4. The van der Waals surface area contributed by atoms with Gasteiger partial charge < -0.3 is 15.4 Å². The zero-order chi connectivity index (χ0) is 24.8. The topological polar surface area (TPSA) is 79.5 Å². The van der Waals surface area contributed by atoms with Crippen LogP contribution < -0.4 is 20.7 Å². The Labute approximate surface area is 221 Å². The van der Waals surface area contributed by atoms with E-state index in [2.05, 4.69) is 16.0 Å². The second kappa shape index (κ2) is 11.7. The van der Waals surface area contributed by atoms with Crippen molar-refractivity contribution in [1.82, 2.24) is 5.32 Å². The lowest BCUT2D eigenvalue weighted by atomic mass is 10.2. The van der Waals surface area contributed by atoms with E-state index >= 15 is 0 Å². The number of anilines is 2. The number of carbonyl (C=O) groups is 2. The van der Waals surface area contributed by atoms with Crippen LogP contribution in [0.15, 0.2) is 60.7 Å². The first-order chi connectivity index (χ1) is 16.1. The fraction of sp³-hybridized carbons (Fsp3) is 0.0870. The van der Waals surface area contributed by atoms with Crippen molar-refractivity contribution in [2.24, 2.45) is 0 Å². The summed E-state index contributed by atoms with van der Waals surface area (Å²) in [4.78, 5) is 25.0. The number of amides is 2. The molecule has 0 saturated heterocycles. The van der Waals surface area contributed by atoms with Crippen molar-refractivity contribution < 1.29 is 14.3 Å². The van der Waals surface area contributed by atoms with Crippen LogP contribution in [0.4, 0.5) is 11.4 Å². The average molecular weight is 557 g/mol. The fourth-order valence-electron chi connectivity index (χ4n) is 2.74. The minimum Gasteiger partial charge on any atom is -0.479 e. The molecule has 2 amide bonds. The van der Waals surface area contributed by atoms with Gasteiger partial charge in [0.1, 0.15) is 5.75 Å². The van der Waals surface area contributed by atoms with Gasteiger partial charge in [0.2, 0.25) is 0 Å². The van der Waals surface area contributed by atoms with Crippen LogP contribution in [0.2, 0.25) is 20.1 Å². The molecule has 0 heterocycles. The van der Waals surface area contributed by atoms with Gasteiger partial charge in [0.25, 0.3) is 11.8 Å². The van der Waals surface area contributed by atoms with E-state index in [0.717, 1.165) is 0 Å². The highest BCUT2D eigenvalue weighted by Crippen LogP contribution is 2.28. The van der Waals surface area contributed by atoms with Crippen LogP contribution in [0.25, 0.3) is 0 Å². The number of hydrogen-bond donors (Lipinski definition) is 3. The molecule has 3 N–H and O–H groups in total. The van der Waals surface area contributed by atoms with E-state index in [0.29, 0.717) is 27.2 Å². The Morgan fingerprint density at radius 2 is 1.47 bits per heavy atom. The first kappa shape index (κ1) is 26.1. The van der Waals surface area contributed by atoms with Gasteiger partial charge in [-0.3, -0.25) is 14.9 Å². The monoisotopic (exact) mass is 555 g/mol. The number of benzene rings is 3. The van der Waals surface area contributed by atoms with Gasteiger partial charge in [-0.25, -0.2) is 0 Å². The maximum atomic E-state index is 12.5. The van der Waals surface area contributed by atoms with Crippen LogP contribution in [0.1, 0.15) is 17.3 Å². The van der Waals surface area contributed by atoms with Crippen LogP contribution in [0.3, 0.4) is 0 Å². The predicted octanol–water partition coefficient (Wildman–Crippen LogP) is 6.83. The summed E-state index contributed by atoms with van der Waals surface area (Å²) >= 11 is 29.1. The molecule has 34 heavy (non-hydrogen) atoms. The van der Waals surface area contributed by atoms with E-state index in [1.54, 1.807) is 49.4 Å². The van der Waals surface area contributed by atoms with Crippen LogP contribution in [-0.2, 0) is 4.79 Å². The summed E-state index contributed by atoms with van der Waals surface area (Å²) in [7, 11) is 0. The summed E-state index contributed by atoms with van der Waals surface area (Å²) in [6, 6.07) is 16.1. The maximum Gasteiger partial charge on any atom is 0.266 e. The molecule has 1 atom stereocenters. The molecule has 3 aromatic rings. The molecule has 0 fully saturated rings. The molecular weight excluding hydrogens is 540 g/mol. The second-order valence-electron chi connectivity index (χ2n) is 6.94. The summed E-state index contributed by atoms with van der Waals surface area (Å²) in [6.45, 7) is 1.56. The Bertz CT molecular complexity index is 1260. The standard InChI is InChI=1S/C23H17Cl4N3O3S/c1-12(33-20-8-6-14(25)10-19(20)27)21(31)30-23(34)29-16-4-2-3-15(11-16)28-22(32)17-7-5-13(24)9-18(17)26/h2-12H,1H3,(H,28,32)(H2,29,30,31,34). The number of nitrogens with one attached hydrogen (secondary N) is 3. The zero-order valence-corrected chi connectivity index (χ0v) is 21.3. The normalized spacial score (nSPS) is 11.3. The molecule has 0 bridgehead atoms. The summed E-state index contributed by atoms with van der Waals surface area (Å²) in [6.07, 6.45) is -0.881. The Hall–Kier alpha value is -2.55. The third-order valence-electron chi connectivity index (χ3n) is 4.36. The van der Waals surface area contributed by atoms with Gasteiger partial charge in [-0.1, -0.05) is 52.5 Å². The second-order valence-corrected chi connectivity index (χ2v) is 9.03. The van der Waals surface area contributed by atoms with Crippen LogP contribution in [0, 0.1) is 0 Å². The van der Waals surface area contributed by atoms with Crippen LogP contribution >= 0.6 is 58.6 Å². The molecule has 0 aliphatic rings. The molecule has 176 valence electrons. The lowest BCUT2D eigenvalue weighted by Gasteiger charge is -2.17. The molecule has 3 rings (SSSR count). The van der Waals surface area contributed by atoms with E-state index in [9.17, 15) is 9.59 Å². The van der Waals surface area contributed by atoms with Gasteiger partial charge in [0.05, 0.1) is 15.6 Å². The lowest BCUT2D eigenvalue weighted by Crippen LogP contribution is -2.42. The Morgan fingerprint density at radius 3 is 2.12 bits per heavy atom. The number of ether oxygens (including phenoxy) is 1. The number of rotatable bonds is 6. The molecular formula is C23H17Cl4N3O3S. The molecule has 6 nitrogen and oxygen atoms in total. The maximum absolute atomic E-state index is 12.5. The molecule has 0 aliphatic carbocycles. The molecule has 0 aromatic heterocycles. The fourth-order valence-corrected chi connectivity index (χ4v) is 3.90. The molecule has 3 aromatic carbocycles. The SMILES string of the molecule is CC(Oc1ccc(Cl)cc1Cl)C(=O)NC(=S)Nc1cccc(NC(=O)c2ccc(Cl)cc2Cl)c1. The lowest BCUT2D eigenvalue weighted by molar-refractivity contribution is -0.125. The highest BCUT2D eigenvalue weighted by molar-refractivity contribution is 7.80. The number of hydrogen-bond acceptors (Lipinski definition) is 4. The molecule has 0 saturated carbocycles. The molecule has 0 radical (unpaired) electrons. The molecule has 0 spiro atoms. The van der Waals surface area contributed by atoms with Crippen LogP contribution in [-0.4, -0.2) is 23.0 Å². The van der Waals surface area contributed by atoms with E-state index < -0.39 is 17.9 Å². The first-order valence-electron chi connectivity index (χ1n) is 9.72. The Kier molecular flexibility index (Phi) is 8.99. The van der Waals surface area contributed by atoms with Crippen molar-refractivity contribution in [3.8, 4) is 5.75 Å². The van der Waals surface area contributed by atoms with Gasteiger partial charge in [0, 0.05) is 21.4 Å². The smallest absolute Gasteiger partial charge is 0.266 e. The largest absolute Gasteiger partial charge is 0.479 e. The minimum absolute atomic E-state index is 0.0480. The van der Waals surface area contributed by atoms with Crippen molar-refractivity contribution in [3.05, 3.63) is 86.3 Å². The van der Waals surface area contributed by atoms with E-state index in [4.69, 9.17) is 63.4 Å². The van der Waals surface area contributed by atoms with Crippen molar-refractivity contribution >= 4 is 86.9 Å². The number of thiocarbonyl (C=S) groups is 1. The van der Waals surface area contributed by atoms with E-state index in [-0.39, 0.29) is 20.7 Å². The van der Waals surface area contributed by atoms with Gasteiger partial charge in [-0.15, -0.1) is 0 Å². The van der Waals surface area contributed by atoms with Crippen LogP contribution in [0.5, 0.6) is 5.75 Å². The van der Waals surface area contributed by atoms with Crippen molar-refractivity contribution in [3.63, 3.8) is 0 Å². The third-order valence-corrected chi connectivity index (χ3v) is 5.64. The number of carbonyl (C=O) groups excluding carboxylic acids is 2. The Morgan fingerprint density at radius 1 is 0.853 bits per heavy atom. The highest BCUT2D eigenvalue weighted by Gasteiger charge is 2.18. The highest BCUT2D eigenvalue weighted by atomic mass is 35.5. The zero-order valence-electron chi connectivity index (χ0n) is 17.5. The van der Waals surface area contributed by atoms with Gasteiger partial charge in [-0.05, 0) is 73.7 Å². The summed E-state index contributed by atoms with van der Waals surface area (Å²) in [5.41, 5.74) is 1.31. The minimum atomic E-state index is -0.881. The van der Waals surface area contributed by atoms with Crippen molar-refractivity contribution in [2.75, 3.05) is 10.6 Å². The summed E-state index contributed by atoms with van der Waals surface area (Å²) in [5.74, 6) is -0.566. The van der Waals surface area contributed by atoms with Crippen molar-refractivity contribution in [1.29, 1.82) is 0 Å². The average Bonchev–Trinajstić information content (AvgIpc) is 2.75. The molecule has 0 aliphatic heterocycles. The molecule has 1 unspecified atom stereocenters. The third kappa shape index (κ3) is 7.22. The predicted molar refractivity (Wildman–Crippen MR) is 142 cm³/mol. The quantitative estimate of drug-likeness (QED) is 0.290. The first-order valence-corrected chi connectivity index (χ1v) is 11.6. The summed E-state index contributed by atoms with van der Waals surface area (Å²) in [5, 5.41) is 9.64. The van der Waals surface area contributed by atoms with Gasteiger partial charge >= 0.3 is 0 Å². The summed E-state index contributed by atoms with van der Waals surface area (Å²) < 4.78 is 5.58. The van der Waals surface area contributed by atoms with Crippen molar-refractivity contribution in [2.45, 2.75) is 13.0 Å².